The lowest BCUT2D eigenvalue weighted by atomic mass is 10.1. The maximum Gasteiger partial charge on any atom is 0.319 e. The lowest BCUT2D eigenvalue weighted by Crippen LogP contribution is -2.28. The number of carbonyl (C=O) groups is 1. The molecule has 0 aliphatic heterocycles. The summed E-state index contributed by atoms with van der Waals surface area (Å²) in [7, 11) is 1.55. The number of carbonyl (C=O) groups excluding carboxylic acids is 1. The molecule has 4 aromatic rings. The quantitative estimate of drug-likeness (QED) is 0.515. The second-order valence-corrected chi connectivity index (χ2v) is 6.24. The molecule has 142 valence electrons. The number of aromatic nitrogens is 3. The maximum atomic E-state index is 13.1. The van der Waals surface area contributed by atoms with Crippen molar-refractivity contribution in [2.24, 2.45) is 0 Å². The second kappa shape index (κ2) is 7.22. The molecule has 0 aliphatic carbocycles. The molecule has 8 heteroatoms. The SMILES string of the molecule is CN(Cc1nccn1C(F)F)C(=O)c1cc(-c2ccco2)nc2ccccc12. The zero-order valence-corrected chi connectivity index (χ0v) is 14.9. The van der Waals surface area contributed by atoms with Crippen LogP contribution in [0.2, 0.25) is 0 Å². The van der Waals surface area contributed by atoms with Gasteiger partial charge in [-0.05, 0) is 24.3 Å². The summed E-state index contributed by atoms with van der Waals surface area (Å²) in [6.45, 7) is -2.77. The third-order valence-corrected chi connectivity index (χ3v) is 4.40. The first kappa shape index (κ1) is 17.8. The van der Waals surface area contributed by atoms with E-state index in [0.29, 0.717) is 27.9 Å². The molecule has 28 heavy (non-hydrogen) atoms. The number of rotatable bonds is 5. The van der Waals surface area contributed by atoms with Gasteiger partial charge in [0.05, 0.1) is 23.9 Å². The minimum absolute atomic E-state index is 0.0527. The zero-order chi connectivity index (χ0) is 19.7. The molecule has 0 spiro atoms. The Morgan fingerprint density at radius 1 is 1.25 bits per heavy atom. The van der Waals surface area contributed by atoms with Gasteiger partial charge in [0.25, 0.3) is 5.91 Å². The fraction of sp³-hybridized carbons (Fsp3) is 0.150. The minimum atomic E-state index is -2.71. The summed E-state index contributed by atoms with van der Waals surface area (Å²) in [4.78, 5) is 23.0. The van der Waals surface area contributed by atoms with E-state index in [0.717, 1.165) is 4.57 Å². The summed E-state index contributed by atoms with van der Waals surface area (Å²) in [5.41, 5.74) is 1.58. The third-order valence-electron chi connectivity index (χ3n) is 4.40. The second-order valence-electron chi connectivity index (χ2n) is 6.24. The fourth-order valence-corrected chi connectivity index (χ4v) is 3.04. The highest BCUT2D eigenvalue weighted by molar-refractivity contribution is 6.07. The molecule has 4 rings (SSSR count). The Kier molecular flexibility index (Phi) is 4.60. The largest absolute Gasteiger partial charge is 0.463 e. The van der Waals surface area contributed by atoms with E-state index in [9.17, 15) is 13.6 Å². The Hall–Kier alpha value is -3.55. The molecule has 0 radical (unpaired) electrons. The molecule has 0 fully saturated rings. The summed E-state index contributed by atoms with van der Waals surface area (Å²) in [6.07, 6.45) is 4.01. The van der Waals surface area contributed by atoms with Crippen LogP contribution < -0.4 is 0 Å². The van der Waals surface area contributed by atoms with E-state index >= 15 is 0 Å². The number of amides is 1. The van der Waals surface area contributed by atoms with E-state index in [1.165, 1.54) is 23.6 Å². The summed E-state index contributed by atoms with van der Waals surface area (Å²) < 4.78 is 32.3. The number of nitrogens with zero attached hydrogens (tertiary/aromatic N) is 4. The van der Waals surface area contributed by atoms with E-state index in [1.54, 1.807) is 31.3 Å². The van der Waals surface area contributed by atoms with Crippen LogP contribution in [0.15, 0.2) is 65.5 Å². The van der Waals surface area contributed by atoms with Crippen LogP contribution >= 0.6 is 0 Å². The molecular weight excluding hydrogens is 366 g/mol. The van der Waals surface area contributed by atoms with Crippen molar-refractivity contribution in [2.45, 2.75) is 13.1 Å². The van der Waals surface area contributed by atoms with Crippen LogP contribution in [-0.2, 0) is 6.54 Å². The van der Waals surface area contributed by atoms with E-state index in [2.05, 4.69) is 9.97 Å². The van der Waals surface area contributed by atoms with E-state index in [-0.39, 0.29) is 18.3 Å². The summed E-state index contributed by atoms with van der Waals surface area (Å²) in [6, 6.07) is 12.4. The van der Waals surface area contributed by atoms with Gasteiger partial charge in [-0.25, -0.2) is 9.97 Å². The van der Waals surface area contributed by atoms with Gasteiger partial charge in [-0.1, -0.05) is 18.2 Å². The number of alkyl halides is 2. The van der Waals surface area contributed by atoms with Gasteiger partial charge < -0.3 is 9.32 Å². The normalized spacial score (nSPS) is 11.3. The molecule has 3 heterocycles. The molecule has 1 amide bonds. The summed E-state index contributed by atoms with van der Waals surface area (Å²) in [5, 5.41) is 0.673. The van der Waals surface area contributed by atoms with Gasteiger partial charge in [-0.2, -0.15) is 8.78 Å². The Labute approximate surface area is 159 Å². The summed E-state index contributed by atoms with van der Waals surface area (Å²) >= 11 is 0. The van der Waals surface area contributed by atoms with Crippen molar-refractivity contribution in [3.63, 3.8) is 0 Å². The predicted molar refractivity (Wildman–Crippen MR) is 98.7 cm³/mol. The molecule has 3 aromatic heterocycles. The van der Waals surface area contributed by atoms with Gasteiger partial charge in [-0.15, -0.1) is 0 Å². The molecule has 0 saturated carbocycles. The highest BCUT2D eigenvalue weighted by atomic mass is 19.3. The predicted octanol–water partition coefficient (Wildman–Crippen LogP) is 4.36. The zero-order valence-electron chi connectivity index (χ0n) is 14.9. The van der Waals surface area contributed by atoms with E-state index < -0.39 is 6.55 Å². The first-order valence-corrected chi connectivity index (χ1v) is 8.53. The first-order chi connectivity index (χ1) is 13.5. The Morgan fingerprint density at radius 3 is 2.82 bits per heavy atom. The van der Waals surface area contributed by atoms with E-state index in [1.807, 2.05) is 18.2 Å². The molecule has 1 aromatic carbocycles. The van der Waals surface area contributed by atoms with Crippen LogP contribution in [0, 0.1) is 0 Å². The number of halogens is 2. The van der Waals surface area contributed by atoms with Gasteiger partial charge in [0.15, 0.2) is 5.76 Å². The average molecular weight is 382 g/mol. The number of hydrogen-bond acceptors (Lipinski definition) is 4. The minimum Gasteiger partial charge on any atom is -0.463 e. The number of imidazole rings is 1. The molecular formula is C20H16F2N4O2. The molecule has 6 nitrogen and oxygen atoms in total. The van der Waals surface area contributed by atoms with Gasteiger partial charge in [0.2, 0.25) is 0 Å². The number of benzene rings is 1. The van der Waals surface area contributed by atoms with Crippen LogP contribution in [0.1, 0.15) is 22.7 Å². The number of fused-ring (bicyclic) bond motifs is 1. The Morgan fingerprint density at radius 2 is 2.07 bits per heavy atom. The first-order valence-electron chi connectivity index (χ1n) is 8.53. The Balaban J connectivity index is 1.73. The smallest absolute Gasteiger partial charge is 0.319 e. The van der Waals surface area contributed by atoms with Crippen LogP contribution in [0.5, 0.6) is 0 Å². The lowest BCUT2D eigenvalue weighted by Gasteiger charge is -2.19. The van der Waals surface area contributed by atoms with Crippen molar-refractivity contribution < 1.29 is 18.0 Å². The van der Waals surface area contributed by atoms with Crippen LogP contribution in [-0.4, -0.2) is 32.4 Å². The lowest BCUT2D eigenvalue weighted by molar-refractivity contribution is 0.0613. The van der Waals surface area contributed by atoms with Crippen molar-refractivity contribution in [3.8, 4) is 11.5 Å². The van der Waals surface area contributed by atoms with Crippen LogP contribution in [0.25, 0.3) is 22.4 Å². The number of furan rings is 1. The number of pyridine rings is 1. The highest BCUT2D eigenvalue weighted by Crippen LogP contribution is 2.26. The molecule has 0 bridgehead atoms. The van der Waals surface area contributed by atoms with Crippen molar-refractivity contribution in [2.75, 3.05) is 7.05 Å². The van der Waals surface area contributed by atoms with Gasteiger partial charge in [0.1, 0.15) is 11.5 Å². The number of hydrogen-bond donors (Lipinski definition) is 0. The van der Waals surface area contributed by atoms with Crippen LogP contribution in [0.4, 0.5) is 8.78 Å². The summed E-state index contributed by atoms with van der Waals surface area (Å²) in [5.74, 6) is 0.321. The Bertz CT molecular complexity index is 1120. The highest BCUT2D eigenvalue weighted by Gasteiger charge is 2.21. The van der Waals surface area contributed by atoms with Crippen LogP contribution in [0.3, 0.4) is 0 Å². The van der Waals surface area contributed by atoms with E-state index in [4.69, 9.17) is 4.42 Å². The molecule has 0 aliphatic rings. The monoisotopic (exact) mass is 382 g/mol. The average Bonchev–Trinajstić information content (AvgIpc) is 3.38. The third kappa shape index (κ3) is 3.24. The van der Waals surface area contributed by atoms with Gasteiger partial charge in [-0.3, -0.25) is 9.36 Å². The fourth-order valence-electron chi connectivity index (χ4n) is 3.04. The molecule has 0 saturated heterocycles. The van der Waals surface area contributed by atoms with Gasteiger partial charge in [0, 0.05) is 24.8 Å². The van der Waals surface area contributed by atoms with Crippen molar-refractivity contribution >= 4 is 16.8 Å². The van der Waals surface area contributed by atoms with Crippen molar-refractivity contribution in [1.82, 2.24) is 19.4 Å². The standard InChI is InChI=1S/C20H16F2N4O2/c1-25(12-18-23-8-9-26(18)20(21)22)19(27)14-11-16(17-7-4-10-28-17)24-15-6-3-2-5-13(14)15/h2-11,20H,12H2,1H3. The maximum absolute atomic E-state index is 13.1. The molecule has 0 atom stereocenters. The van der Waals surface area contributed by atoms with Gasteiger partial charge >= 0.3 is 6.55 Å². The topological polar surface area (TPSA) is 64.2 Å². The van der Waals surface area contributed by atoms with Crippen molar-refractivity contribution in [3.05, 3.63) is 72.5 Å². The molecule has 0 unspecified atom stereocenters. The van der Waals surface area contributed by atoms with Crippen molar-refractivity contribution in [1.29, 1.82) is 0 Å². The molecule has 0 N–H and O–H groups in total. The number of para-hydroxylation sites is 1.